The zero-order chi connectivity index (χ0) is 12.0. The van der Waals surface area contributed by atoms with E-state index < -0.39 is 0 Å². The fourth-order valence-electron chi connectivity index (χ4n) is 1.45. The highest BCUT2D eigenvalue weighted by Crippen LogP contribution is 2.20. The molecule has 0 fully saturated rings. The lowest BCUT2D eigenvalue weighted by Crippen LogP contribution is -2.27. The summed E-state index contributed by atoms with van der Waals surface area (Å²) in [5, 5.41) is 11.2. The summed E-state index contributed by atoms with van der Waals surface area (Å²) < 4.78 is 1.04. The SMILES string of the molecule is CC(CC(=O)NCCO)c1ccc(Br)cc1. The number of aliphatic hydroxyl groups is 1. The van der Waals surface area contributed by atoms with Crippen LogP contribution in [0.2, 0.25) is 0 Å². The molecular weight excluding hydrogens is 270 g/mol. The van der Waals surface area contributed by atoms with Crippen LogP contribution in [0, 0.1) is 0 Å². The number of amides is 1. The second-order valence-corrected chi connectivity index (χ2v) is 4.65. The van der Waals surface area contributed by atoms with Gasteiger partial charge in [0.25, 0.3) is 0 Å². The van der Waals surface area contributed by atoms with Gasteiger partial charge in [0.2, 0.25) is 5.91 Å². The number of rotatable bonds is 5. The van der Waals surface area contributed by atoms with Crippen molar-refractivity contribution in [3.63, 3.8) is 0 Å². The summed E-state index contributed by atoms with van der Waals surface area (Å²) in [7, 11) is 0. The summed E-state index contributed by atoms with van der Waals surface area (Å²) >= 11 is 3.37. The molecule has 0 aliphatic carbocycles. The molecule has 0 aromatic heterocycles. The molecule has 0 aliphatic heterocycles. The van der Waals surface area contributed by atoms with Gasteiger partial charge in [0, 0.05) is 17.4 Å². The fourth-order valence-corrected chi connectivity index (χ4v) is 1.72. The molecule has 2 N–H and O–H groups in total. The predicted molar refractivity (Wildman–Crippen MR) is 67.3 cm³/mol. The molecule has 1 rings (SSSR count). The van der Waals surface area contributed by atoms with Crippen LogP contribution in [0.15, 0.2) is 28.7 Å². The summed E-state index contributed by atoms with van der Waals surface area (Å²) in [6.45, 7) is 2.33. The molecule has 16 heavy (non-hydrogen) atoms. The maximum absolute atomic E-state index is 11.4. The molecule has 88 valence electrons. The van der Waals surface area contributed by atoms with E-state index in [1.54, 1.807) is 0 Å². The van der Waals surface area contributed by atoms with Crippen molar-refractivity contribution in [3.8, 4) is 0 Å². The van der Waals surface area contributed by atoms with Crippen LogP contribution in [-0.4, -0.2) is 24.2 Å². The number of nitrogens with one attached hydrogen (secondary N) is 1. The normalized spacial score (nSPS) is 12.2. The smallest absolute Gasteiger partial charge is 0.220 e. The van der Waals surface area contributed by atoms with Crippen molar-refractivity contribution in [2.75, 3.05) is 13.2 Å². The van der Waals surface area contributed by atoms with Gasteiger partial charge in [-0.25, -0.2) is 0 Å². The molecule has 0 spiro atoms. The van der Waals surface area contributed by atoms with Crippen molar-refractivity contribution in [2.24, 2.45) is 0 Å². The zero-order valence-corrected chi connectivity index (χ0v) is 10.8. The van der Waals surface area contributed by atoms with Gasteiger partial charge >= 0.3 is 0 Å². The molecular formula is C12H16BrNO2. The minimum absolute atomic E-state index is 0.0155. The van der Waals surface area contributed by atoms with Crippen molar-refractivity contribution < 1.29 is 9.90 Å². The summed E-state index contributed by atoms with van der Waals surface area (Å²) in [4.78, 5) is 11.4. The van der Waals surface area contributed by atoms with Gasteiger partial charge in [-0.2, -0.15) is 0 Å². The van der Waals surface area contributed by atoms with Crippen LogP contribution in [0.25, 0.3) is 0 Å². The highest BCUT2D eigenvalue weighted by atomic mass is 79.9. The van der Waals surface area contributed by atoms with Crippen LogP contribution in [0.3, 0.4) is 0 Å². The first-order chi connectivity index (χ1) is 7.63. The standard InChI is InChI=1S/C12H16BrNO2/c1-9(8-12(16)14-6-7-15)10-2-4-11(13)5-3-10/h2-5,9,15H,6-8H2,1H3,(H,14,16). The maximum atomic E-state index is 11.4. The summed E-state index contributed by atoms with van der Waals surface area (Å²) in [5.41, 5.74) is 1.14. The molecule has 0 heterocycles. The Morgan fingerprint density at radius 3 is 2.62 bits per heavy atom. The van der Waals surface area contributed by atoms with Gasteiger partial charge in [-0.15, -0.1) is 0 Å². The maximum Gasteiger partial charge on any atom is 0.220 e. The second kappa shape index (κ2) is 6.66. The number of benzene rings is 1. The van der Waals surface area contributed by atoms with Gasteiger partial charge in [-0.1, -0.05) is 35.0 Å². The van der Waals surface area contributed by atoms with E-state index in [0.29, 0.717) is 13.0 Å². The first-order valence-electron chi connectivity index (χ1n) is 5.26. The summed E-state index contributed by atoms with van der Waals surface area (Å²) in [5.74, 6) is 0.163. The molecule has 0 saturated carbocycles. The quantitative estimate of drug-likeness (QED) is 0.870. The minimum atomic E-state index is -0.0236. The van der Waals surface area contributed by atoms with E-state index in [0.717, 1.165) is 10.0 Å². The molecule has 0 radical (unpaired) electrons. The van der Waals surface area contributed by atoms with Crippen molar-refractivity contribution in [1.29, 1.82) is 0 Å². The molecule has 1 atom stereocenters. The van der Waals surface area contributed by atoms with Gasteiger partial charge in [-0.3, -0.25) is 4.79 Å². The molecule has 0 saturated heterocycles. The molecule has 4 heteroatoms. The number of halogens is 1. The van der Waals surface area contributed by atoms with Crippen LogP contribution in [-0.2, 0) is 4.79 Å². The molecule has 3 nitrogen and oxygen atoms in total. The van der Waals surface area contributed by atoms with Gasteiger partial charge in [0.1, 0.15) is 0 Å². The number of carbonyl (C=O) groups excluding carboxylic acids is 1. The third-order valence-electron chi connectivity index (χ3n) is 2.36. The first kappa shape index (κ1) is 13.2. The topological polar surface area (TPSA) is 49.3 Å². The van der Waals surface area contributed by atoms with Crippen LogP contribution in [0.4, 0.5) is 0 Å². The van der Waals surface area contributed by atoms with Crippen LogP contribution >= 0.6 is 15.9 Å². The number of hydrogen-bond donors (Lipinski definition) is 2. The van der Waals surface area contributed by atoms with E-state index >= 15 is 0 Å². The lowest BCUT2D eigenvalue weighted by atomic mass is 9.98. The highest BCUT2D eigenvalue weighted by Gasteiger charge is 2.10. The number of hydrogen-bond acceptors (Lipinski definition) is 2. The molecule has 1 amide bonds. The van der Waals surface area contributed by atoms with Gasteiger partial charge in [0.15, 0.2) is 0 Å². The van der Waals surface area contributed by atoms with E-state index in [-0.39, 0.29) is 18.4 Å². The largest absolute Gasteiger partial charge is 0.395 e. The van der Waals surface area contributed by atoms with Gasteiger partial charge < -0.3 is 10.4 Å². The molecule has 1 aromatic rings. The van der Waals surface area contributed by atoms with Crippen molar-refractivity contribution >= 4 is 21.8 Å². The Morgan fingerprint density at radius 2 is 2.06 bits per heavy atom. The Balaban J connectivity index is 2.48. The van der Waals surface area contributed by atoms with E-state index in [2.05, 4.69) is 21.2 Å². The van der Waals surface area contributed by atoms with Gasteiger partial charge in [0.05, 0.1) is 6.61 Å². The highest BCUT2D eigenvalue weighted by molar-refractivity contribution is 9.10. The van der Waals surface area contributed by atoms with E-state index in [9.17, 15) is 4.79 Å². The summed E-state index contributed by atoms with van der Waals surface area (Å²) in [6.07, 6.45) is 0.446. The average Bonchev–Trinajstić information content (AvgIpc) is 2.27. The Labute approximate surface area is 104 Å². The predicted octanol–water partition coefficient (Wildman–Crippen LogP) is 2.05. The third-order valence-corrected chi connectivity index (χ3v) is 2.89. The van der Waals surface area contributed by atoms with Crippen LogP contribution in [0.1, 0.15) is 24.8 Å². The first-order valence-corrected chi connectivity index (χ1v) is 6.06. The Kier molecular flexibility index (Phi) is 5.49. The average molecular weight is 286 g/mol. The molecule has 1 unspecified atom stereocenters. The lowest BCUT2D eigenvalue weighted by Gasteiger charge is -2.11. The Bertz CT molecular complexity index is 337. The zero-order valence-electron chi connectivity index (χ0n) is 9.24. The van der Waals surface area contributed by atoms with E-state index in [4.69, 9.17) is 5.11 Å². The molecule has 0 aliphatic rings. The van der Waals surface area contributed by atoms with Crippen LogP contribution in [0.5, 0.6) is 0 Å². The third kappa shape index (κ3) is 4.33. The Hall–Kier alpha value is -0.870. The van der Waals surface area contributed by atoms with E-state index in [1.807, 2.05) is 31.2 Å². The Morgan fingerprint density at radius 1 is 1.44 bits per heavy atom. The fraction of sp³-hybridized carbons (Fsp3) is 0.417. The van der Waals surface area contributed by atoms with Crippen molar-refractivity contribution in [1.82, 2.24) is 5.32 Å². The summed E-state index contributed by atoms with van der Waals surface area (Å²) in [6, 6.07) is 7.96. The van der Waals surface area contributed by atoms with Crippen molar-refractivity contribution in [2.45, 2.75) is 19.3 Å². The number of carbonyl (C=O) groups is 1. The van der Waals surface area contributed by atoms with Crippen LogP contribution < -0.4 is 5.32 Å². The number of aliphatic hydroxyl groups excluding tert-OH is 1. The second-order valence-electron chi connectivity index (χ2n) is 3.73. The molecule has 0 bridgehead atoms. The minimum Gasteiger partial charge on any atom is -0.395 e. The van der Waals surface area contributed by atoms with E-state index in [1.165, 1.54) is 0 Å². The lowest BCUT2D eigenvalue weighted by molar-refractivity contribution is -0.121. The van der Waals surface area contributed by atoms with Gasteiger partial charge in [-0.05, 0) is 23.6 Å². The molecule has 1 aromatic carbocycles. The monoisotopic (exact) mass is 285 g/mol. The van der Waals surface area contributed by atoms with Crippen molar-refractivity contribution in [3.05, 3.63) is 34.3 Å².